The summed E-state index contributed by atoms with van der Waals surface area (Å²) in [7, 11) is 1.49. The number of aliphatic hydroxyl groups excluding tert-OH is 1. The number of nitrogens with one attached hydrogen (secondary N) is 1. The van der Waals surface area contributed by atoms with Crippen molar-refractivity contribution in [2.24, 2.45) is 35.5 Å². The third-order valence-electron chi connectivity index (χ3n) is 15.3. The summed E-state index contributed by atoms with van der Waals surface area (Å²) in [4.78, 5) is 24.8. The average Bonchev–Trinajstić information content (AvgIpc) is 3.97. The number of ether oxygens (including phenoxy) is 8. The number of benzene rings is 2. The first-order valence-electron chi connectivity index (χ1n) is 23.1. The summed E-state index contributed by atoms with van der Waals surface area (Å²) in [6, 6.07) is 16.4. The van der Waals surface area contributed by atoms with E-state index in [-0.39, 0.29) is 84.1 Å². The van der Waals surface area contributed by atoms with Gasteiger partial charge in [0.15, 0.2) is 5.79 Å². The van der Waals surface area contributed by atoms with Crippen LogP contribution in [-0.2, 0) is 38.0 Å². The molecule has 1 unspecified atom stereocenters. The van der Waals surface area contributed by atoms with E-state index in [1.807, 2.05) is 51.1 Å². The van der Waals surface area contributed by atoms with Crippen molar-refractivity contribution in [2.45, 2.75) is 172 Å². The predicted molar refractivity (Wildman–Crippen MR) is 231 cm³/mol. The van der Waals surface area contributed by atoms with Crippen LogP contribution in [0, 0.1) is 35.5 Å². The molecule has 1 spiro atoms. The van der Waals surface area contributed by atoms with Crippen LogP contribution in [-0.4, -0.2) is 101 Å². The first-order valence-corrected chi connectivity index (χ1v) is 23.1. The second-order valence-electron chi connectivity index (χ2n) is 19.8. The minimum atomic E-state index is -1.71. The summed E-state index contributed by atoms with van der Waals surface area (Å²) in [5, 5.41) is 37.8. The number of carbonyl (C=O) groups excluding carboxylic acids is 2. The van der Waals surface area contributed by atoms with Crippen LogP contribution in [0.2, 0.25) is 0 Å². The smallest absolute Gasteiger partial charge is 0.550 e. The summed E-state index contributed by atoms with van der Waals surface area (Å²) < 4.78 is 51.5. The van der Waals surface area contributed by atoms with Crippen molar-refractivity contribution >= 4 is 17.7 Å². The van der Waals surface area contributed by atoms with Gasteiger partial charge in [0, 0.05) is 55.3 Å². The number of para-hydroxylation sites is 1. The Morgan fingerprint density at radius 2 is 1.62 bits per heavy atom. The number of rotatable bonds is 14. The van der Waals surface area contributed by atoms with Crippen molar-refractivity contribution in [3.05, 3.63) is 54.6 Å². The van der Waals surface area contributed by atoms with Crippen molar-refractivity contribution in [1.29, 1.82) is 0 Å². The third kappa shape index (κ3) is 10.5. The van der Waals surface area contributed by atoms with E-state index in [1.54, 1.807) is 31.2 Å². The van der Waals surface area contributed by atoms with Gasteiger partial charge in [-0.1, -0.05) is 66.7 Å². The monoisotopic (exact) mass is 903 g/mol. The molecule has 7 rings (SSSR count). The number of carbonyl (C=O) groups is 2. The van der Waals surface area contributed by atoms with Crippen LogP contribution in [0.15, 0.2) is 54.6 Å². The van der Waals surface area contributed by atoms with Crippen LogP contribution in [0.3, 0.4) is 0 Å². The number of carboxylic acid groups (broad SMARTS) is 1. The molecule has 0 radical (unpaired) electrons. The largest absolute Gasteiger partial charge is 1.00 e. The normalized spacial score (nSPS) is 40.0. The van der Waals surface area contributed by atoms with E-state index < -0.39 is 65.2 Å². The molecule has 3 N–H and O–H groups in total. The van der Waals surface area contributed by atoms with Gasteiger partial charge in [-0.2, -0.15) is 0 Å². The Balaban J connectivity index is 0.00000680. The van der Waals surface area contributed by atoms with Gasteiger partial charge >= 0.3 is 35.7 Å². The van der Waals surface area contributed by atoms with E-state index >= 15 is 0 Å². The number of methoxy groups -OCH3 is 1. The third-order valence-corrected chi connectivity index (χ3v) is 15.3. The number of carboxylic acids is 1. The van der Waals surface area contributed by atoms with E-state index in [0.717, 1.165) is 19.3 Å². The van der Waals surface area contributed by atoms with Crippen molar-refractivity contribution < 1.29 is 92.4 Å². The maximum absolute atomic E-state index is 12.9. The number of amides is 1. The summed E-state index contributed by atoms with van der Waals surface area (Å²) in [6.07, 6.45) is 1.28. The second kappa shape index (κ2) is 20.5. The molecule has 0 saturated carbocycles. The van der Waals surface area contributed by atoms with Gasteiger partial charge in [-0.05, 0) is 93.7 Å². The zero-order chi connectivity index (χ0) is 45.5. The molecular formula is C49H70NNaO13. The minimum absolute atomic E-state index is 0. The molecule has 14 nitrogen and oxygen atoms in total. The molecular weight excluding hydrogens is 834 g/mol. The number of hydrogen-bond donors (Lipinski definition) is 3. The van der Waals surface area contributed by atoms with Gasteiger partial charge in [0.2, 0.25) is 5.79 Å². The molecule has 64 heavy (non-hydrogen) atoms. The molecule has 5 fully saturated rings. The number of anilines is 1. The molecule has 17 atom stereocenters. The van der Waals surface area contributed by atoms with Gasteiger partial charge in [-0.15, -0.1) is 0 Å². The zero-order valence-electron chi connectivity index (χ0n) is 39.5. The number of aliphatic hydroxyl groups is 2. The summed E-state index contributed by atoms with van der Waals surface area (Å²) in [6.45, 7) is 15.5. The molecule has 5 saturated heterocycles. The Bertz CT molecular complexity index is 1880. The second-order valence-corrected chi connectivity index (χ2v) is 19.8. The molecule has 5 heterocycles. The van der Waals surface area contributed by atoms with Gasteiger partial charge in [0.05, 0.1) is 53.9 Å². The van der Waals surface area contributed by atoms with Crippen LogP contribution in [0.5, 0.6) is 11.5 Å². The topological polar surface area (TPSA) is 184 Å². The summed E-state index contributed by atoms with van der Waals surface area (Å²) in [5.74, 6) is -4.24. The van der Waals surface area contributed by atoms with Gasteiger partial charge in [-0.25, -0.2) is 4.79 Å². The molecule has 0 bridgehead atoms. The first-order chi connectivity index (χ1) is 29.8. The molecule has 2 aromatic rings. The first kappa shape index (κ1) is 51.1. The number of aliphatic carboxylic acids is 1. The molecule has 0 aliphatic carbocycles. The fraction of sp³-hybridized carbons (Fsp3) is 0.714. The Labute approximate surface area is 401 Å². The quantitative estimate of drug-likeness (QED) is 0.232. The molecule has 5 aliphatic heterocycles. The van der Waals surface area contributed by atoms with Crippen molar-refractivity contribution in [3.63, 3.8) is 0 Å². The van der Waals surface area contributed by atoms with Gasteiger partial charge in [0.25, 0.3) is 0 Å². The van der Waals surface area contributed by atoms with Crippen LogP contribution < -0.4 is 44.7 Å². The zero-order valence-corrected chi connectivity index (χ0v) is 41.5. The van der Waals surface area contributed by atoms with E-state index in [0.29, 0.717) is 49.3 Å². The standard InChI is InChI=1S/C49H71NO13.Na/c1-10-47(21-20-39(60-47)46(8)22-23-48(63-46)26-37(51)31(5)42(61-48)32(6)41(56-9)33(7)44(52)53)43-29(3)25-38(59-43)40-28(2)24-30(4)49(55,62-40)27-57-45(54)50-34-16-18-36(19-17-34)58-35-14-12-11-13-15-35;/h11-19,28-33,37-43,51,55H,10,20-27H2,1-9H3,(H,50,54)(H,52,53);/q;+1/p-1/t28-,29-,30+,31+,32-,33?,37-,38+,39+,40-,41+,42-,43+,46-,47-,48+,49-;/m0./s1. The summed E-state index contributed by atoms with van der Waals surface area (Å²) in [5.41, 5.74) is -0.769. The van der Waals surface area contributed by atoms with Crippen LogP contribution >= 0.6 is 0 Å². The van der Waals surface area contributed by atoms with Gasteiger partial charge < -0.3 is 58.0 Å². The van der Waals surface area contributed by atoms with Gasteiger partial charge in [-0.3, -0.25) is 5.32 Å². The van der Waals surface area contributed by atoms with E-state index in [1.165, 1.54) is 7.11 Å². The summed E-state index contributed by atoms with van der Waals surface area (Å²) >= 11 is 0. The molecule has 15 heteroatoms. The molecule has 350 valence electrons. The number of hydrogen-bond acceptors (Lipinski definition) is 13. The predicted octanol–water partition coefficient (Wildman–Crippen LogP) is 3.99. The maximum atomic E-state index is 12.9. The molecule has 0 aromatic heterocycles. The Morgan fingerprint density at radius 3 is 2.28 bits per heavy atom. The van der Waals surface area contributed by atoms with E-state index in [2.05, 4.69) is 33.0 Å². The Kier molecular flexibility index (Phi) is 16.3. The molecule has 5 aliphatic rings. The fourth-order valence-electron chi connectivity index (χ4n) is 11.4. The van der Waals surface area contributed by atoms with Gasteiger partial charge in [0.1, 0.15) is 18.1 Å². The van der Waals surface area contributed by atoms with Crippen molar-refractivity contribution in [1.82, 2.24) is 0 Å². The Morgan fingerprint density at radius 1 is 0.938 bits per heavy atom. The minimum Gasteiger partial charge on any atom is -0.550 e. The maximum Gasteiger partial charge on any atom is 1.00 e. The van der Waals surface area contributed by atoms with E-state index in [4.69, 9.17) is 37.9 Å². The fourth-order valence-corrected chi connectivity index (χ4v) is 11.4. The van der Waals surface area contributed by atoms with Crippen LogP contribution in [0.4, 0.5) is 10.5 Å². The van der Waals surface area contributed by atoms with Crippen molar-refractivity contribution in [3.8, 4) is 11.5 Å². The van der Waals surface area contributed by atoms with E-state index in [9.17, 15) is 24.9 Å². The van der Waals surface area contributed by atoms with Crippen LogP contribution in [0.1, 0.15) is 107 Å². The van der Waals surface area contributed by atoms with Crippen molar-refractivity contribution in [2.75, 3.05) is 19.0 Å². The molecule has 1 amide bonds. The average molecular weight is 904 g/mol. The SMILES string of the molecule is CC[C@@]1([C@@H]2O[C@@H]([C@H]3O[C@@](O)(COC(=O)Nc4ccc(Oc5ccccc5)cc4)[C@H](C)C[C@@H]3C)C[C@@H]2C)CC[C@H]([C@]2(C)CC[C@]3(C[C@H](O)[C@@H](C)[C@@H]([C@@H](C)[C@@H](OC)C(C)C(=O)[O-])O3)O2)O1.[Na+]. The molecule has 2 aromatic carbocycles. The Hall–Kier alpha value is -2.34. The van der Waals surface area contributed by atoms with Crippen LogP contribution in [0.25, 0.3) is 0 Å².